The Labute approximate surface area is 185 Å². The molecule has 0 amide bonds. The van der Waals surface area contributed by atoms with Gasteiger partial charge in [-0.25, -0.2) is 4.79 Å². The third-order valence-corrected chi connectivity index (χ3v) is 5.09. The Bertz CT molecular complexity index is 975. The predicted octanol–water partition coefficient (Wildman–Crippen LogP) is 6.35. The van der Waals surface area contributed by atoms with E-state index in [1.54, 1.807) is 0 Å². The van der Waals surface area contributed by atoms with Crippen LogP contribution in [0.2, 0.25) is 0 Å². The topological polar surface area (TPSA) is 38.7 Å². The molecule has 0 aliphatic carbocycles. The summed E-state index contributed by atoms with van der Waals surface area (Å²) in [6.07, 6.45) is 0. The van der Waals surface area contributed by atoms with Crippen molar-refractivity contribution in [3.8, 4) is 0 Å². The second-order valence-electron chi connectivity index (χ2n) is 8.89. The Morgan fingerprint density at radius 3 is 1.74 bits per heavy atom. The van der Waals surface area contributed by atoms with Crippen molar-refractivity contribution in [3.05, 3.63) is 107 Å². The summed E-state index contributed by atoms with van der Waals surface area (Å²) in [4.78, 5) is 18.4. The standard InChI is InChI=1S/C28H31NO2/c1-20-16-18-22(19-17-20)21(2)25(27(30)31-28(3,4)5)29-26(23-12-8-6-9-13-23)24-14-10-7-11-15-24/h6-19,21,25H,1-5H3/t21-,25+/m0/s1. The Balaban J connectivity index is 2.12. The molecule has 0 radical (unpaired) electrons. The van der Waals surface area contributed by atoms with Gasteiger partial charge >= 0.3 is 5.97 Å². The molecular weight excluding hydrogens is 382 g/mol. The number of nitrogens with zero attached hydrogens (tertiary/aromatic N) is 1. The van der Waals surface area contributed by atoms with Crippen molar-refractivity contribution in [3.63, 3.8) is 0 Å². The van der Waals surface area contributed by atoms with Crippen molar-refractivity contribution < 1.29 is 9.53 Å². The van der Waals surface area contributed by atoms with Crippen molar-refractivity contribution in [1.29, 1.82) is 0 Å². The van der Waals surface area contributed by atoms with Gasteiger partial charge in [-0.3, -0.25) is 4.99 Å². The van der Waals surface area contributed by atoms with Crippen molar-refractivity contribution in [2.75, 3.05) is 0 Å². The summed E-state index contributed by atoms with van der Waals surface area (Å²) in [5.41, 5.74) is 4.39. The van der Waals surface area contributed by atoms with Gasteiger partial charge in [-0.15, -0.1) is 0 Å². The molecule has 0 aliphatic heterocycles. The lowest BCUT2D eigenvalue weighted by Crippen LogP contribution is -2.34. The fourth-order valence-corrected chi connectivity index (χ4v) is 3.43. The first-order chi connectivity index (χ1) is 14.7. The summed E-state index contributed by atoms with van der Waals surface area (Å²) >= 11 is 0. The minimum atomic E-state index is -0.669. The summed E-state index contributed by atoms with van der Waals surface area (Å²) in [6.45, 7) is 9.75. The van der Waals surface area contributed by atoms with Crippen LogP contribution in [-0.4, -0.2) is 23.3 Å². The Kier molecular flexibility index (Phi) is 7.06. The molecule has 3 aromatic rings. The minimum absolute atomic E-state index is 0.141. The minimum Gasteiger partial charge on any atom is -0.458 e. The average molecular weight is 414 g/mol. The lowest BCUT2D eigenvalue weighted by molar-refractivity contribution is -0.156. The van der Waals surface area contributed by atoms with Crippen molar-refractivity contribution >= 4 is 11.7 Å². The number of aryl methyl sites for hydroxylation is 1. The summed E-state index contributed by atoms with van der Waals surface area (Å²) in [5, 5.41) is 0. The summed E-state index contributed by atoms with van der Waals surface area (Å²) in [5.74, 6) is -0.456. The van der Waals surface area contributed by atoms with E-state index in [0.717, 1.165) is 22.4 Å². The van der Waals surface area contributed by atoms with E-state index in [1.165, 1.54) is 5.56 Å². The second-order valence-corrected chi connectivity index (χ2v) is 8.89. The van der Waals surface area contributed by atoms with E-state index in [4.69, 9.17) is 9.73 Å². The molecule has 0 fully saturated rings. The maximum absolute atomic E-state index is 13.3. The zero-order valence-electron chi connectivity index (χ0n) is 19.0. The van der Waals surface area contributed by atoms with Crippen molar-refractivity contribution in [2.45, 2.75) is 52.2 Å². The van der Waals surface area contributed by atoms with Gasteiger partial charge in [0.15, 0.2) is 6.04 Å². The second kappa shape index (κ2) is 9.74. The van der Waals surface area contributed by atoms with Crippen molar-refractivity contribution in [2.24, 2.45) is 4.99 Å². The SMILES string of the molecule is Cc1ccc([C@H](C)[C@@H](N=C(c2ccccc2)c2ccccc2)C(=O)OC(C)(C)C)cc1. The molecule has 0 aliphatic rings. The summed E-state index contributed by atoms with van der Waals surface area (Å²) < 4.78 is 5.79. The molecule has 2 atom stereocenters. The van der Waals surface area contributed by atoms with E-state index < -0.39 is 11.6 Å². The van der Waals surface area contributed by atoms with Crippen LogP contribution in [-0.2, 0) is 9.53 Å². The van der Waals surface area contributed by atoms with Gasteiger partial charge in [0, 0.05) is 17.0 Å². The Hall–Kier alpha value is -3.20. The van der Waals surface area contributed by atoms with Crippen LogP contribution in [0.4, 0.5) is 0 Å². The van der Waals surface area contributed by atoms with Gasteiger partial charge in [0.1, 0.15) is 5.60 Å². The zero-order chi connectivity index (χ0) is 22.4. The normalized spacial score (nSPS) is 13.2. The van der Waals surface area contributed by atoms with Crippen LogP contribution in [0.25, 0.3) is 0 Å². The van der Waals surface area contributed by atoms with Crippen molar-refractivity contribution in [1.82, 2.24) is 0 Å². The number of benzene rings is 3. The number of ether oxygens (including phenoxy) is 1. The van der Waals surface area contributed by atoms with Gasteiger partial charge in [0.05, 0.1) is 5.71 Å². The van der Waals surface area contributed by atoms with E-state index in [9.17, 15) is 4.79 Å². The highest BCUT2D eigenvalue weighted by Gasteiger charge is 2.31. The molecule has 3 nitrogen and oxygen atoms in total. The highest BCUT2D eigenvalue weighted by molar-refractivity contribution is 6.13. The highest BCUT2D eigenvalue weighted by atomic mass is 16.6. The van der Waals surface area contributed by atoms with Gasteiger partial charge in [0.25, 0.3) is 0 Å². The summed E-state index contributed by atoms with van der Waals surface area (Å²) in [6, 6.07) is 27.6. The maximum Gasteiger partial charge on any atom is 0.332 e. The van der Waals surface area contributed by atoms with E-state index in [2.05, 4.69) is 31.2 Å². The summed E-state index contributed by atoms with van der Waals surface area (Å²) in [7, 11) is 0. The molecule has 0 unspecified atom stereocenters. The molecule has 3 aromatic carbocycles. The smallest absolute Gasteiger partial charge is 0.332 e. The molecule has 0 N–H and O–H groups in total. The van der Waals surface area contributed by atoms with Gasteiger partial charge in [-0.1, -0.05) is 97.4 Å². The fourth-order valence-electron chi connectivity index (χ4n) is 3.43. The molecule has 31 heavy (non-hydrogen) atoms. The first-order valence-electron chi connectivity index (χ1n) is 10.7. The molecule has 3 rings (SSSR count). The van der Waals surface area contributed by atoms with Crippen LogP contribution < -0.4 is 0 Å². The lowest BCUT2D eigenvalue weighted by atomic mass is 9.92. The monoisotopic (exact) mass is 413 g/mol. The fraction of sp³-hybridized carbons (Fsp3) is 0.286. The third-order valence-electron chi connectivity index (χ3n) is 5.09. The molecule has 0 aromatic heterocycles. The number of esters is 1. The Morgan fingerprint density at radius 2 is 1.29 bits per heavy atom. The van der Waals surface area contributed by atoms with Crippen LogP contribution in [0.1, 0.15) is 55.9 Å². The number of carbonyl (C=O) groups excluding carboxylic acids is 1. The number of carbonyl (C=O) groups is 1. The largest absolute Gasteiger partial charge is 0.458 e. The average Bonchev–Trinajstić information content (AvgIpc) is 2.74. The van der Waals surface area contributed by atoms with Crippen LogP contribution in [0, 0.1) is 6.92 Å². The van der Waals surface area contributed by atoms with Gasteiger partial charge < -0.3 is 4.74 Å². The molecule has 0 heterocycles. The molecule has 3 heteroatoms. The number of rotatable bonds is 6. The molecule has 0 saturated heterocycles. The molecule has 0 spiro atoms. The predicted molar refractivity (Wildman–Crippen MR) is 128 cm³/mol. The van der Waals surface area contributed by atoms with E-state index in [1.807, 2.05) is 88.4 Å². The number of hydrogen-bond acceptors (Lipinski definition) is 3. The van der Waals surface area contributed by atoms with Crippen LogP contribution in [0.15, 0.2) is 89.9 Å². The Morgan fingerprint density at radius 1 is 0.806 bits per heavy atom. The van der Waals surface area contributed by atoms with E-state index >= 15 is 0 Å². The number of aliphatic imine (C=N–C) groups is 1. The van der Waals surface area contributed by atoms with Crippen LogP contribution in [0.5, 0.6) is 0 Å². The van der Waals surface area contributed by atoms with Gasteiger partial charge in [-0.05, 0) is 33.3 Å². The first kappa shape index (κ1) is 22.5. The lowest BCUT2D eigenvalue weighted by Gasteiger charge is -2.26. The van der Waals surface area contributed by atoms with Gasteiger partial charge in [0.2, 0.25) is 0 Å². The number of hydrogen-bond donors (Lipinski definition) is 0. The molecule has 0 bridgehead atoms. The van der Waals surface area contributed by atoms with Crippen LogP contribution in [0.3, 0.4) is 0 Å². The first-order valence-corrected chi connectivity index (χ1v) is 10.7. The molecule has 0 saturated carbocycles. The maximum atomic E-state index is 13.3. The molecular formula is C28H31NO2. The van der Waals surface area contributed by atoms with E-state index in [-0.39, 0.29) is 11.9 Å². The highest BCUT2D eigenvalue weighted by Crippen LogP contribution is 2.26. The zero-order valence-corrected chi connectivity index (χ0v) is 19.0. The molecule has 160 valence electrons. The van der Waals surface area contributed by atoms with Crippen LogP contribution >= 0.6 is 0 Å². The third kappa shape index (κ3) is 6.14. The van der Waals surface area contributed by atoms with E-state index in [0.29, 0.717) is 0 Å². The van der Waals surface area contributed by atoms with Gasteiger partial charge in [-0.2, -0.15) is 0 Å². The quantitative estimate of drug-likeness (QED) is 0.349.